The topological polar surface area (TPSA) is 51.2 Å². The minimum absolute atomic E-state index is 0.0684. The SMILES string of the molecule is O=C(N[C@@H]1CCOC1)c1ccc(-c2ccc(Cl)cn2)cc1. The van der Waals surface area contributed by atoms with E-state index < -0.39 is 0 Å². The second-order valence-corrected chi connectivity index (χ2v) is 5.41. The van der Waals surface area contributed by atoms with Gasteiger partial charge in [0, 0.05) is 23.9 Å². The second kappa shape index (κ2) is 6.24. The molecular formula is C16H15ClN2O2. The fourth-order valence-corrected chi connectivity index (χ4v) is 2.37. The van der Waals surface area contributed by atoms with Gasteiger partial charge in [-0.05, 0) is 30.7 Å². The van der Waals surface area contributed by atoms with Gasteiger partial charge in [0.25, 0.3) is 5.91 Å². The third-order valence-corrected chi connectivity index (χ3v) is 3.66. The summed E-state index contributed by atoms with van der Waals surface area (Å²) in [5.41, 5.74) is 2.42. The molecule has 1 aromatic carbocycles. The van der Waals surface area contributed by atoms with Gasteiger partial charge < -0.3 is 10.1 Å². The summed E-state index contributed by atoms with van der Waals surface area (Å²) < 4.78 is 5.25. The van der Waals surface area contributed by atoms with Crippen LogP contribution in [0.1, 0.15) is 16.8 Å². The van der Waals surface area contributed by atoms with Crippen molar-refractivity contribution in [3.8, 4) is 11.3 Å². The van der Waals surface area contributed by atoms with Crippen LogP contribution in [0.3, 0.4) is 0 Å². The van der Waals surface area contributed by atoms with Crippen LogP contribution in [-0.4, -0.2) is 30.1 Å². The largest absolute Gasteiger partial charge is 0.379 e. The number of hydrogen-bond acceptors (Lipinski definition) is 3. The van der Waals surface area contributed by atoms with Crippen LogP contribution in [0, 0.1) is 0 Å². The van der Waals surface area contributed by atoms with E-state index in [2.05, 4.69) is 10.3 Å². The van der Waals surface area contributed by atoms with E-state index in [1.807, 2.05) is 18.2 Å². The lowest BCUT2D eigenvalue weighted by molar-refractivity contribution is 0.0930. The van der Waals surface area contributed by atoms with Crippen molar-refractivity contribution in [1.82, 2.24) is 10.3 Å². The molecule has 0 spiro atoms. The van der Waals surface area contributed by atoms with E-state index in [1.165, 1.54) is 0 Å². The zero-order chi connectivity index (χ0) is 14.7. The standard InChI is InChI=1S/C16H15ClN2O2/c17-13-5-6-15(18-9-13)11-1-3-12(4-2-11)16(20)19-14-7-8-21-10-14/h1-6,9,14H,7-8,10H2,(H,19,20)/t14-/m1/s1. The number of pyridine rings is 1. The van der Waals surface area contributed by atoms with E-state index in [0.717, 1.165) is 17.7 Å². The Morgan fingerprint density at radius 2 is 2.05 bits per heavy atom. The van der Waals surface area contributed by atoms with Crippen molar-refractivity contribution in [3.63, 3.8) is 0 Å². The Bertz CT molecular complexity index is 620. The number of nitrogens with one attached hydrogen (secondary N) is 1. The minimum atomic E-state index is -0.0684. The van der Waals surface area contributed by atoms with Crippen molar-refractivity contribution in [1.29, 1.82) is 0 Å². The average molecular weight is 303 g/mol. The van der Waals surface area contributed by atoms with Crippen molar-refractivity contribution in [2.75, 3.05) is 13.2 Å². The molecule has 0 bridgehead atoms. The van der Waals surface area contributed by atoms with Gasteiger partial charge >= 0.3 is 0 Å². The molecule has 1 aliphatic rings. The average Bonchev–Trinajstić information content (AvgIpc) is 3.01. The van der Waals surface area contributed by atoms with Crippen molar-refractivity contribution in [3.05, 3.63) is 53.2 Å². The highest BCUT2D eigenvalue weighted by Crippen LogP contribution is 2.19. The summed E-state index contributed by atoms with van der Waals surface area (Å²) in [6.07, 6.45) is 2.48. The lowest BCUT2D eigenvalue weighted by atomic mass is 10.1. The second-order valence-electron chi connectivity index (χ2n) is 4.97. The molecule has 0 unspecified atom stereocenters. The van der Waals surface area contributed by atoms with Crippen LogP contribution in [0.5, 0.6) is 0 Å². The zero-order valence-corrected chi connectivity index (χ0v) is 12.1. The molecule has 108 valence electrons. The first-order chi connectivity index (χ1) is 10.2. The Morgan fingerprint density at radius 1 is 1.24 bits per heavy atom. The highest BCUT2D eigenvalue weighted by Gasteiger charge is 2.18. The van der Waals surface area contributed by atoms with Crippen molar-refractivity contribution in [2.24, 2.45) is 0 Å². The Morgan fingerprint density at radius 3 is 2.67 bits per heavy atom. The van der Waals surface area contributed by atoms with Crippen LogP contribution < -0.4 is 5.32 Å². The number of carbonyl (C=O) groups excluding carboxylic acids is 1. The molecule has 1 aliphatic heterocycles. The molecule has 1 fully saturated rings. The van der Waals surface area contributed by atoms with Gasteiger partial charge in [-0.15, -0.1) is 0 Å². The van der Waals surface area contributed by atoms with E-state index in [4.69, 9.17) is 16.3 Å². The van der Waals surface area contributed by atoms with E-state index >= 15 is 0 Å². The number of benzene rings is 1. The lowest BCUT2D eigenvalue weighted by Crippen LogP contribution is -2.34. The number of halogens is 1. The summed E-state index contributed by atoms with van der Waals surface area (Å²) in [6, 6.07) is 11.1. The summed E-state index contributed by atoms with van der Waals surface area (Å²) in [5.74, 6) is -0.0684. The fraction of sp³-hybridized carbons (Fsp3) is 0.250. The molecule has 2 aromatic rings. The maximum absolute atomic E-state index is 12.1. The molecule has 0 radical (unpaired) electrons. The summed E-state index contributed by atoms with van der Waals surface area (Å²) in [5, 5.41) is 3.57. The van der Waals surface area contributed by atoms with E-state index in [0.29, 0.717) is 23.8 Å². The Labute approximate surface area is 128 Å². The molecule has 0 saturated carbocycles. The number of ether oxygens (including phenoxy) is 1. The predicted molar refractivity (Wildman–Crippen MR) is 81.4 cm³/mol. The number of aromatic nitrogens is 1. The molecule has 3 rings (SSSR count). The molecule has 2 heterocycles. The van der Waals surface area contributed by atoms with Gasteiger partial charge in [-0.1, -0.05) is 23.7 Å². The van der Waals surface area contributed by atoms with Gasteiger partial charge in [0.2, 0.25) is 0 Å². The summed E-state index contributed by atoms with van der Waals surface area (Å²) >= 11 is 5.82. The first kappa shape index (κ1) is 14.0. The zero-order valence-electron chi connectivity index (χ0n) is 11.4. The molecule has 1 saturated heterocycles. The number of rotatable bonds is 3. The lowest BCUT2D eigenvalue weighted by Gasteiger charge is -2.10. The molecule has 21 heavy (non-hydrogen) atoms. The van der Waals surface area contributed by atoms with Gasteiger partial charge in [0.05, 0.1) is 23.4 Å². The first-order valence-corrected chi connectivity index (χ1v) is 7.21. The van der Waals surface area contributed by atoms with Crippen molar-refractivity contribution < 1.29 is 9.53 Å². The normalized spacial score (nSPS) is 17.7. The molecule has 1 amide bonds. The van der Waals surface area contributed by atoms with Crippen LogP contribution >= 0.6 is 11.6 Å². The van der Waals surface area contributed by atoms with Gasteiger partial charge in [0.15, 0.2) is 0 Å². The Kier molecular flexibility index (Phi) is 4.18. The Balaban J connectivity index is 1.71. The van der Waals surface area contributed by atoms with Crippen LogP contribution in [0.15, 0.2) is 42.6 Å². The van der Waals surface area contributed by atoms with Gasteiger partial charge in [-0.25, -0.2) is 0 Å². The third-order valence-electron chi connectivity index (χ3n) is 3.44. The third kappa shape index (κ3) is 3.40. The van der Waals surface area contributed by atoms with Gasteiger partial charge in [-0.3, -0.25) is 9.78 Å². The molecule has 5 heteroatoms. The predicted octanol–water partition coefficient (Wildman–Crippen LogP) is 2.92. The molecule has 1 N–H and O–H groups in total. The molecule has 1 aromatic heterocycles. The quantitative estimate of drug-likeness (QED) is 0.948. The van der Waals surface area contributed by atoms with Gasteiger partial charge in [-0.2, -0.15) is 0 Å². The first-order valence-electron chi connectivity index (χ1n) is 6.83. The summed E-state index contributed by atoms with van der Waals surface area (Å²) in [7, 11) is 0. The molecule has 1 atom stereocenters. The fourth-order valence-electron chi connectivity index (χ4n) is 2.26. The minimum Gasteiger partial charge on any atom is -0.379 e. The maximum atomic E-state index is 12.1. The van der Waals surface area contributed by atoms with E-state index in [-0.39, 0.29) is 11.9 Å². The highest BCUT2D eigenvalue weighted by molar-refractivity contribution is 6.30. The van der Waals surface area contributed by atoms with Crippen LogP contribution in [0.2, 0.25) is 5.02 Å². The smallest absolute Gasteiger partial charge is 0.251 e. The van der Waals surface area contributed by atoms with Crippen LogP contribution in [-0.2, 0) is 4.74 Å². The van der Waals surface area contributed by atoms with Crippen molar-refractivity contribution in [2.45, 2.75) is 12.5 Å². The number of hydrogen-bond donors (Lipinski definition) is 1. The van der Waals surface area contributed by atoms with Crippen molar-refractivity contribution >= 4 is 17.5 Å². The maximum Gasteiger partial charge on any atom is 0.251 e. The number of amides is 1. The molecule has 0 aliphatic carbocycles. The van der Waals surface area contributed by atoms with Crippen LogP contribution in [0.4, 0.5) is 0 Å². The number of carbonyl (C=O) groups is 1. The highest BCUT2D eigenvalue weighted by atomic mass is 35.5. The summed E-state index contributed by atoms with van der Waals surface area (Å²) in [6.45, 7) is 1.31. The van der Waals surface area contributed by atoms with E-state index in [9.17, 15) is 4.79 Å². The molecular weight excluding hydrogens is 288 g/mol. The van der Waals surface area contributed by atoms with Gasteiger partial charge in [0.1, 0.15) is 0 Å². The summed E-state index contributed by atoms with van der Waals surface area (Å²) in [4.78, 5) is 16.4. The van der Waals surface area contributed by atoms with E-state index in [1.54, 1.807) is 24.4 Å². The number of nitrogens with zero attached hydrogens (tertiary/aromatic N) is 1. The van der Waals surface area contributed by atoms with Crippen LogP contribution in [0.25, 0.3) is 11.3 Å². The Hall–Kier alpha value is -1.91. The monoisotopic (exact) mass is 302 g/mol. The molecule has 4 nitrogen and oxygen atoms in total.